The van der Waals surface area contributed by atoms with Gasteiger partial charge in [0, 0.05) is 35.5 Å². The number of amidine groups is 1. The molecule has 11 nitrogen and oxygen atoms in total. The van der Waals surface area contributed by atoms with Gasteiger partial charge >= 0.3 is 18.3 Å². The number of carbonyl (C=O) groups excluding carboxylic acids is 3. The summed E-state index contributed by atoms with van der Waals surface area (Å²) in [4.78, 5) is 52.1. The summed E-state index contributed by atoms with van der Waals surface area (Å²) in [5, 5.41) is 2.24. The molecule has 42 heavy (non-hydrogen) atoms. The van der Waals surface area contributed by atoms with Gasteiger partial charge in [0.25, 0.3) is 11.6 Å². The van der Waals surface area contributed by atoms with E-state index >= 15 is 0 Å². The number of nitroso groups, excluding NO2 is 1. The molecule has 0 spiro atoms. The summed E-state index contributed by atoms with van der Waals surface area (Å²) in [7, 11) is 2.51. The molecule has 0 radical (unpaired) electrons. The van der Waals surface area contributed by atoms with Gasteiger partial charge in [0.1, 0.15) is 31.1 Å². The first kappa shape index (κ1) is 36.4. The number of Topliss-reactive ketones (excluding diaryl/α,β-unsaturated/α-hetero) is 1. The third kappa shape index (κ3) is 12.5. The maximum absolute atomic E-state index is 12.8. The van der Waals surface area contributed by atoms with E-state index in [2.05, 4.69) is 15.0 Å². The van der Waals surface area contributed by atoms with Crippen molar-refractivity contribution in [3.8, 4) is 0 Å². The summed E-state index contributed by atoms with van der Waals surface area (Å²) in [5.74, 6) is -2.96. The molecule has 1 aromatic rings. The van der Waals surface area contributed by atoms with Crippen molar-refractivity contribution in [1.82, 2.24) is 5.32 Å². The lowest BCUT2D eigenvalue weighted by Crippen LogP contribution is -2.52. The van der Waals surface area contributed by atoms with E-state index in [1.54, 1.807) is 24.3 Å². The minimum Gasteiger partial charge on any atom is -0.460 e. The number of benzene rings is 1. The lowest BCUT2D eigenvalue weighted by molar-refractivity contribution is -0.428. The fourth-order valence-corrected chi connectivity index (χ4v) is 3.12. The molecule has 1 rings (SSSR count). The van der Waals surface area contributed by atoms with Gasteiger partial charge in [-0.15, -0.1) is 0 Å². The van der Waals surface area contributed by atoms with Gasteiger partial charge in [-0.05, 0) is 44.4 Å². The molecule has 0 bridgehead atoms. The molecule has 0 aliphatic carbocycles. The summed E-state index contributed by atoms with van der Waals surface area (Å²) in [6, 6.07) is 4.73. The van der Waals surface area contributed by atoms with Gasteiger partial charge < -0.3 is 25.3 Å². The molecule has 3 N–H and O–H groups in total. The Bertz CT molecular complexity index is 1110. The van der Waals surface area contributed by atoms with Crippen LogP contribution in [-0.4, -0.2) is 85.7 Å². The molecule has 0 aliphatic heterocycles. The number of esters is 1. The Morgan fingerprint density at radius 1 is 1.05 bits per heavy atom. The minimum absolute atomic E-state index is 0.0116. The second-order valence-corrected chi connectivity index (χ2v) is 9.50. The molecule has 0 aliphatic rings. The fourth-order valence-electron chi connectivity index (χ4n) is 3.12. The second kappa shape index (κ2) is 15.6. The maximum atomic E-state index is 12.8. The van der Waals surface area contributed by atoms with Crippen LogP contribution in [0.3, 0.4) is 0 Å². The number of rotatable bonds is 16. The Labute approximate surface area is 237 Å². The molecule has 1 aromatic carbocycles. The fraction of sp³-hybridized carbons (Fsp3) is 0.600. The topological polar surface area (TPSA) is 149 Å². The lowest BCUT2D eigenvalue weighted by Gasteiger charge is -2.27. The molecular weight excluding hydrogens is 582 g/mol. The quantitative estimate of drug-likeness (QED) is 0.0719. The van der Waals surface area contributed by atoms with Crippen molar-refractivity contribution in [1.29, 1.82) is 0 Å². The van der Waals surface area contributed by atoms with Crippen LogP contribution < -0.4 is 11.1 Å². The number of nitrogens with two attached hydrogens (primary N) is 1. The Morgan fingerprint density at radius 3 is 2.12 bits per heavy atom. The predicted octanol–water partition coefficient (Wildman–Crippen LogP) is 3.29. The van der Waals surface area contributed by atoms with Gasteiger partial charge in [0.15, 0.2) is 12.8 Å². The Kier molecular flexibility index (Phi) is 13.5. The highest BCUT2D eigenvalue weighted by Gasteiger charge is 2.58. The van der Waals surface area contributed by atoms with Crippen LogP contribution in [0.2, 0.25) is 0 Å². The molecule has 0 fully saturated rings. The van der Waals surface area contributed by atoms with Crippen LogP contribution in [0.4, 0.5) is 32.0 Å². The number of nitrogens with zero attached hydrogens (tertiary/aromatic N) is 2. The average Bonchev–Trinajstić information content (AvgIpc) is 2.87. The number of nitrogens with one attached hydrogen (secondary N) is 1. The first-order valence-electron chi connectivity index (χ1n) is 12.4. The zero-order valence-corrected chi connectivity index (χ0v) is 23.3. The minimum atomic E-state index is -5.82. The SMILES string of the molecule is COC(C)(C)C(=O)NC(CCCN=C(N)CC(=O)OCc1ccc([N+](C)=O)cc1)C(=O)COC(C(F)(F)F)C(F)(F)F. The smallest absolute Gasteiger partial charge is 0.423 e. The van der Waals surface area contributed by atoms with Crippen molar-refractivity contribution < 1.29 is 59.7 Å². The Balaban J connectivity index is 2.74. The number of aliphatic imine (C=N–C) groups is 1. The van der Waals surface area contributed by atoms with E-state index in [0.717, 1.165) is 0 Å². The largest absolute Gasteiger partial charge is 0.460 e. The van der Waals surface area contributed by atoms with E-state index < -0.39 is 60.8 Å². The van der Waals surface area contributed by atoms with Crippen molar-refractivity contribution >= 4 is 29.2 Å². The highest BCUT2D eigenvalue weighted by atomic mass is 19.4. The molecule has 0 saturated carbocycles. The molecule has 1 unspecified atom stereocenters. The van der Waals surface area contributed by atoms with Crippen molar-refractivity contribution in [2.24, 2.45) is 10.7 Å². The van der Waals surface area contributed by atoms with Crippen molar-refractivity contribution in [2.45, 2.75) is 69.8 Å². The van der Waals surface area contributed by atoms with E-state index in [9.17, 15) is 45.6 Å². The monoisotopic (exact) mass is 615 g/mol. The zero-order valence-electron chi connectivity index (χ0n) is 23.3. The lowest BCUT2D eigenvalue weighted by atomic mass is 10.0. The van der Waals surface area contributed by atoms with Gasteiger partial charge in [0.05, 0.1) is 6.04 Å². The van der Waals surface area contributed by atoms with Crippen LogP contribution in [0.25, 0.3) is 0 Å². The maximum Gasteiger partial charge on any atom is 0.423 e. The molecule has 0 heterocycles. The molecule has 0 aromatic heterocycles. The molecule has 1 amide bonds. The van der Waals surface area contributed by atoms with Crippen LogP contribution in [0, 0.1) is 4.91 Å². The first-order valence-corrected chi connectivity index (χ1v) is 12.4. The number of hydrogen-bond donors (Lipinski definition) is 2. The number of ketones is 1. The van der Waals surface area contributed by atoms with E-state index in [0.29, 0.717) is 16.0 Å². The van der Waals surface area contributed by atoms with Crippen molar-refractivity contribution in [2.75, 3.05) is 27.3 Å². The molecule has 1 atom stereocenters. The molecule has 0 saturated heterocycles. The number of hydrogen-bond acceptors (Lipinski definition) is 8. The summed E-state index contributed by atoms with van der Waals surface area (Å²) >= 11 is 0. The summed E-state index contributed by atoms with van der Waals surface area (Å²) in [5.41, 5.74) is 5.26. The van der Waals surface area contributed by atoms with Gasteiger partial charge in [-0.3, -0.25) is 19.4 Å². The van der Waals surface area contributed by atoms with E-state index in [1.165, 1.54) is 28.0 Å². The zero-order chi connectivity index (χ0) is 32.3. The highest BCUT2D eigenvalue weighted by molar-refractivity contribution is 5.96. The van der Waals surface area contributed by atoms with Crippen LogP contribution >= 0.6 is 0 Å². The number of methoxy groups -OCH3 is 1. The number of carbonyl (C=O) groups is 3. The third-order valence-electron chi connectivity index (χ3n) is 5.73. The van der Waals surface area contributed by atoms with Gasteiger partial charge in [-0.1, -0.05) is 0 Å². The molecule has 236 valence electrons. The number of ether oxygens (including phenoxy) is 3. The highest BCUT2D eigenvalue weighted by Crippen LogP contribution is 2.35. The number of halogens is 6. The van der Waals surface area contributed by atoms with Crippen LogP contribution in [0.15, 0.2) is 29.3 Å². The summed E-state index contributed by atoms with van der Waals surface area (Å²) in [6.07, 6.45) is -16.5. The van der Waals surface area contributed by atoms with Crippen LogP contribution in [-0.2, 0) is 35.2 Å². The second-order valence-electron chi connectivity index (χ2n) is 9.50. The Hall–Kier alpha value is -3.60. The van der Waals surface area contributed by atoms with Crippen molar-refractivity contribution in [3.05, 3.63) is 34.7 Å². The molecule has 17 heteroatoms. The van der Waals surface area contributed by atoms with Gasteiger partial charge in [0.2, 0.25) is 6.10 Å². The Morgan fingerprint density at radius 2 is 1.62 bits per heavy atom. The average molecular weight is 616 g/mol. The van der Waals surface area contributed by atoms with Gasteiger partial charge in [-0.25, -0.2) is 0 Å². The van der Waals surface area contributed by atoms with Crippen molar-refractivity contribution in [3.63, 3.8) is 0 Å². The van der Waals surface area contributed by atoms with E-state index in [1.807, 2.05) is 0 Å². The van der Waals surface area contributed by atoms with Crippen LogP contribution in [0.1, 0.15) is 38.7 Å². The normalized spacial score (nSPS) is 13.5. The summed E-state index contributed by atoms with van der Waals surface area (Å²) < 4.78 is 91.1. The van der Waals surface area contributed by atoms with Gasteiger partial charge in [-0.2, -0.15) is 26.3 Å². The first-order chi connectivity index (χ1) is 19.3. The predicted molar refractivity (Wildman–Crippen MR) is 136 cm³/mol. The standard InChI is InChI=1S/C25H32F6N4O7/c1-23(2,40-4)22(38)34-17(18(36)14-42-21(24(26,27)28)25(29,30)31)6-5-11-33-19(32)12-20(37)41-13-15-7-9-16(10-8-15)35(3)39/h7-10,17,21H,5-6,11-14H2,1-4H3,(H2-,32,33,34,38)/p+1. The molecular formula is C25H33F6N4O7+. The third-order valence-corrected chi connectivity index (χ3v) is 5.73. The van der Waals surface area contributed by atoms with Crippen LogP contribution in [0.5, 0.6) is 0 Å². The number of amides is 1. The number of alkyl halides is 6. The van der Waals surface area contributed by atoms with E-state index in [4.69, 9.17) is 15.2 Å². The van der Waals surface area contributed by atoms with E-state index in [-0.39, 0.29) is 31.8 Å². The summed E-state index contributed by atoms with van der Waals surface area (Å²) in [6.45, 7) is 0.866.